The van der Waals surface area contributed by atoms with Crippen molar-refractivity contribution in [3.63, 3.8) is 0 Å². The minimum atomic E-state index is -0.464. The van der Waals surface area contributed by atoms with Crippen LogP contribution in [0.3, 0.4) is 0 Å². The maximum atomic E-state index is 13.6. The van der Waals surface area contributed by atoms with Gasteiger partial charge in [-0.3, -0.25) is 9.13 Å². The topological polar surface area (TPSA) is 97.5 Å². The second kappa shape index (κ2) is 8.95. The average Bonchev–Trinajstić information content (AvgIpc) is 3.10. The zero-order valence-corrected chi connectivity index (χ0v) is 19.2. The van der Waals surface area contributed by atoms with Gasteiger partial charge in [-0.25, -0.2) is 14.6 Å². The van der Waals surface area contributed by atoms with E-state index in [1.165, 1.54) is 16.2 Å². The van der Waals surface area contributed by atoms with Crippen molar-refractivity contribution >= 4 is 28.7 Å². The first-order chi connectivity index (χ1) is 15.9. The monoisotopic (exact) mass is 468 g/mol. The van der Waals surface area contributed by atoms with Crippen LogP contribution in [0.2, 0.25) is 5.28 Å². The molecule has 4 aromatic rings. The minimum absolute atomic E-state index is 0.0358. The summed E-state index contributed by atoms with van der Waals surface area (Å²) in [6.07, 6.45) is 0. The standard InChI is InChI=1S/C23H21ClN4O5/c1-13-19-20(26-22(24)25-13)27(12-15-7-10-17(31-2)11-18(15)32-3)23(30)28(19)16-8-5-14(6-9-16)21(29)33-4/h5-11H,12H2,1-4H3. The molecular formula is C23H21ClN4O5. The van der Waals surface area contributed by atoms with Gasteiger partial charge >= 0.3 is 11.7 Å². The van der Waals surface area contributed by atoms with Crippen LogP contribution in [0.25, 0.3) is 16.9 Å². The van der Waals surface area contributed by atoms with Crippen molar-refractivity contribution in [1.82, 2.24) is 19.1 Å². The van der Waals surface area contributed by atoms with Crippen molar-refractivity contribution < 1.29 is 19.0 Å². The number of carbonyl (C=O) groups excluding carboxylic acids is 1. The molecule has 0 spiro atoms. The lowest BCUT2D eigenvalue weighted by molar-refractivity contribution is 0.0600. The van der Waals surface area contributed by atoms with Crippen molar-refractivity contribution in [2.45, 2.75) is 13.5 Å². The Morgan fingerprint density at radius 1 is 1.03 bits per heavy atom. The Bertz CT molecular complexity index is 1410. The molecule has 0 saturated carbocycles. The van der Waals surface area contributed by atoms with E-state index in [9.17, 15) is 9.59 Å². The second-order valence-electron chi connectivity index (χ2n) is 7.17. The molecule has 4 rings (SSSR count). The SMILES string of the molecule is COC(=O)c1ccc(-n2c(=O)n(Cc3ccc(OC)cc3OC)c3nc(Cl)nc(C)c32)cc1. The van der Waals surface area contributed by atoms with Crippen LogP contribution in [0.5, 0.6) is 11.5 Å². The van der Waals surface area contributed by atoms with Crippen LogP contribution < -0.4 is 15.2 Å². The van der Waals surface area contributed by atoms with E-state index in [1.54, 1.807) is 57.5 Å². The van der Waals surface area contributed by atoms with E-state index in [4.69, 9.17) is 25.8 Å². The Morgan fingerprint density at radius 3 is 2.39 bits per heavy atom. The summed E-state index contributed by atoms with van der Waals surface area (Å²) in [6, 6.07) is 11.9. The van der Waals surface area contributed by atoms with Gasteiger partial charge in [-0.15, -0.1) is 0 Å². The Kier molecular flexibility index (Phi) is 6.06. The van der Waals surface area contributed by atoms with Crippen molar-refractivity contribution in [2.75, 3.05) is 21.3 Å². The Balaban J connectivity index is 1.91. The van der Waals surface area contributed by atoms with E-state index >= 15 is 0 Å². The molecular weight excluding hydrogens is 448 g/mol. The van der Waals surface area contributed by atoms with E-state index in [1.807, 2.05) is 6.07 Å². The van der Waals surface area contributed by atoms with Gasteiger partial charge in [0.05, 0.1) is 44.8 Å². The molecule has 0 fully saturated rings. The highest BCUT2D eigenvalue weighted by Crippen LogP contribution is 2.27. The van der Waals surface area contributed by atoms with Crippen LogP contribution in [-0.2, 0) is 11.3 Å². The highest BCUT2D eigenvalue weighted by atomic mass is 35.5. The van der Waals surface area contributed by atoms with Crippen LogP contribution in [0.1, 0.15) is 21.6 Å². The largest absolute Gasteiger partial charge is 0.497 e. The van der Waals surface area contributed by atoms with Crippen molar-refractivity contribution in [1.29, 1.82) is 0 Å². The molecule has 2 aromatic carbocycles. The third kappa shape index (κ3) is 4.03. The van der Waals surface area contributed by atoms with Crippen LogP contribution in [0.4, 0.5) is 0 Å². The first kappa shape index (κ1) is 22.3. The first-order valence-corrected chi connectivity index (χ1v) is 10.3. The van der Waals surface area contributed by atoms with Crippen LogP contribution in [0, 0.1) is 6.92 Å². The summed E-state index contributed by atoms with van der Waals surface area (Å²) < 4.78 is 18.5. The molecule has 0 amide bonds. The number of esters is 1. The lowest BCUT2D eigenvalue weighted by Gasteiger charge is -2.11. The highest BCUT2D eigenvalue weighted by Gasteiger charge is 2.21. The Morgan fingerprint density at radius 2 is 1.76 bits per heavy atom. The fourth-order valence-electron chi connectivity index (χ4n) is 3.67. The number of ether oxygens (including phenoxy) is 3. The fraction of sp³-hybridized carbons (Fsp3) is 0.217. The lowest BCUT2D eigenvalue weighted by Crippen LogP contribution is -2.24. The molecule has 0 aliphatic rings. The zero-order valence-electron chi connectivity index (χ0n) is 18.5. The summed E-state index contributed by atoms with van der Waals surface area (Å²) in [6.45, 7) is 1.94. The number of hydrogen-bond acceptors (Lipinski definition) is 7. The molecule has 2 aromatic heterocycles. The number of carbonyl (C=O) groups is 1. The number of nitrogens with zero attached hydrogens (tertiary/aromatic N) is 4. The number of imidazole rings is 1. The van der Waals surface area contributed by atoms with Gasteiger partial charge in [-0.1, -0.05) is 0 Å². The molecule has 10 heteroatoms. The number of methoxy groups -OCH3 is 3. The third-order valence-corrected chi connectivity index (χ3v) is 5.45. The molecule has 9 nitrogen and oxygen atoms in total. The second-order valence-corrected chi connectivity index (χ2v) is 7.51. The van der Waals surface area contributed by atoms with Crippen molar-refractivity contribution in [3.8, 4) is 17.2 Å². The Labute approximate surface area is 194 Å². The molecule has 0 atom stereocenters. The molecule has 0 saturated heterocycles. The normalized spacial score (nSPS) is 10.9. The molecule has 0 aliphatic heterocycles. The fourth-order valence-corrected chi connectivity index (χ4v) is 3.88. The van der Waals surface area contributed by atoms with Gasteiger partial charge in [0, 0.05) is 11.6 Å². The number of benzene rings is 2. The number of rotatable bonds is 6. The Hall–Kier alpha value is -3.85. The minimum Gasteiger partial charge on any atom is -0.497 e. The van der Waals surface area contributed by atoms with Gasteiger partial charge in [-0.2, -0.15) is 4.98 Å². The molecule has 0 unspecified atom stereocenters. The summed E-state index contributed by atoms with van der Waals surface area (Å²) >= 11 is 6.14. The highest BCUT2D eigenvalue weighted by molar-refractivity contribution is 6.28. The number of halogens is 1. The first-order valence-electron chi connectivity index (χ1n) is 9.93. The van der Waals surface area contributed by atoms with E-state index in [0.717, 1.165) is 5.56 Å². The quantitative estimate of drug-likeness (QED) is 0.316. The van der Waals surface area contributed by atoms with Gasteiger partial charge in [0.1, 0.15) is 17.0 Å². The molecule has 0 bridgehead atoms. The van der Waals surface area contributed by atoms with Crippen molar-refractivity contribution in [2.24, 2.45) is 0 Å². The zero-order chi connectivity index (χ0) is 23.7. The van der Waals surface area contributed by atoms with Gasteiger partial charge < -0.3 is 14.2 Å². The van der Waals surface area contributed by atoms with E-state index in [-0.39, 0.29) is 17.5 Å². The summed E-state index contributed by atoms with van der Waals surface area (Å²) in [5, 5.41) is 0.0358. The number of fused-ring (bicyclic) bond motifs is 1. The van der Waals surface area contributed by atoms with Crippen LogP contribution >= 0.6 is 11.6 Å². The molecule has 0 aliphatic carbocycles. The average molecular weight is 469 g/mol. The predicted molar refractivity (Wildman–Crippen MR) is 123 cm³/mol. The maximum absolute atomic E-state index is 13.6. The predicted octanol–water partition coefficient (Wildman–Crippen LogP) is 3.40. The van der Waals surface area contributed by atoms with Gasteiger partial charge in [0.15, 0.2) is 5.65 Å². The molecule has 0 radical (unpaired) electrons. The van der Waals surface area contributed by atoms with Gasteiger partial charge in [0.2, 0.25) is 5.28 Å². The third-order valence-electron chi connectivity index (χ3n) is 5.28. The van der Waals surface area contributed by atoms with E-state index in [0.29, 0.717) is 39.6 Å². The van der Waals surface area contributed by atoms with Gasteiger partial charge in [-0.05, 0) is 54.9 Å². The lowest BCUT2D eigenvalue weighted by atomic mass is 10.2. The smallest absolute Gasteiger partial charge is 0.337 e. The maximum Gasteiger partial charge on any atom is 0.337 e. The van der Waals surface area contributed by atoms with Crippen molar-refractivity contribution in [3.05, 3.63) is 75.1 Å². The van der Waals surface area contributed by atoms with Crippen LogP contribution in [-0.4, -0.2) is 46.4 Å². The van der Waals surface area contributed by atoms with Gasteiger partial charge in [0.25, 0.3) is 0 Å². The molecule has 2 heterocycles. The summed E-state index contributed by atoms with van der Waals surface area (Å²) in [5.41, 5.74) is 2.78. The molecule has 33 heavy (non-hydrogen) atoms. The molecule has 0 N–H and O–H groups in total. The van der Waals surface area contributed by atoms with Crippen LogP contribution in [0.15, 0.2) is 47.3 Å². The summed E-state index contributed by atoms with van der Waals surface area (Å²) in [4.78, 5) is 34.0. The summed E-state index contributed by atoms with van der Waals surface area (Å²) in [5.74, 6) is 0.743. The van der Waals surface area contributed by atoms with E-state index in [2.05, 4.69) is 9.97 Å². The molecule has 170 valence electrons. The number of aryl methyl sites for hydroxylation is 1. The summed E-state index contributed by atoms with van der Waals surface area (Å²) in [7, 11) is 4.43. The number of aromatic nitrogens is 4. The van der Waals surface area contributed by atoms with E-state index < -0.39 is 5.97 Å². The number of hydrogen-bond donors (Lipinski definition) is 0.